The van der Waals surface area contributed by atoms with Gasteiger partial charge in [-0.25, -0.2) is 9.97 Å². The molecule has 140 valence electrons. The van der Waals surface area contributed by atoms with Crippen LogP contribution in [0.1, 0.15) is 43.9 Å². The summed E-state index contributed by atoms with van der Waals surface area (Å²) >= 11 is 0. The zero-order valence-corrected chi connectivity index (χ0v) is 16.4. The maximum absolute atomic E-state index is 12.1. The van der Waals surface area contributed by atoms with Crippen molar-refractivity contribution in [1.82, 2.24) is 15.0 Å². The van der Waals surface area contributed by atoms with Crippen molar-refractivity contribution in [3.05, 3.63) is 39.9 Å². The van der Waals surface area contributed by atoms with E-state index in [-0.39, 0.29) is 10.8 Å². The van der Waals surface area contributed by atoms with Gasteiger partial charge < -0.3 is 10.3 Å². The van der Waals surface area contributed by atoms with Crippen LogP contribution in [-0.4, -0.2) is 36.2 Å². The van der Waals surface area contributed by atoms with Crippen LogP contribution >= 0.6 is 0 Å². The van der Waals surface area contributed by atoms with E-state index >= 15 is 0 Å². The molecule has 3 atom stereocenters. The summed E-state index contributed by atoms with van der Waals surface area (Å²) in [7, 11) is -0.730. The van der Waals surface area contributed by atoms with Gasteiger partial charge in [0.05, 0.1) is 0 Å². The molecule has 2 heterocycles. The molecular formula is C19H26N4O2S. The van der Waals surface area contributed by atoms with Gasteiger partial charge in [-0.15, -0.1) is 0 Å². The number of aryl methyl sites for hydroxylation is 1. The number of nitrogens with zero attached hydrogens (tertiary/aromatic N) is 2. The number of aromatic nitrogens is 3. The van der Waals surface area contributed by atoms with E-state index in [0.29, 0.717) is 17.4 Å². The molecule has 0 bridgehead atoms. The van der Waals surface area contributed by atoms with Crippen LogP contribution in [0.25, 0.3) is 11.4 Å². The maximum atomic E-state index is 12.1. The van der Waals surface area contributed by atoms with Gasteiger partial charge in [0, 0.05) is 50.9 Å². The predicted octanol–water partition coefficient (Wildman–Crippen LogP) is 2.94. The molecule has 0 aliphatic heterocycles. The first-order valence-corrected chi connectivity index (χ1v) is 10.5. The molecule has 2 aromatic rings. The molecule has 0 radical (unpaired) electrons. The second-order valence-electron chi connectivity index (χ2n) is 6.86. The third-order valence-corrected chi connectivity index (χ3v) is 6.81. The van der Waals surface area contributed by atoms with Gasteiger partial charge in [0.25, 0.3) is 5.56 Å². The van der Waals surface area contributed by atoms with E-state index in [1.54, 1.807) is 13.1 Å². The highest BCUT2D eigenvalue weighted by Gasteiger charge is 2.25. The second kappa shape index (κ2) is 8.12. The summed E-state index contributed by atoms with van der Waals surface area (Å²) in [4.78, 5) is 23.6. The molecule has 0 amide bonds. The fourth-order valence-corrected chi connectivity index (χ4v) is 4.71. The number of hydrogen-bond donors (Lipinski definition) is 2. The summed E-state index contributed by atoms with van der Waals surface area (Å²) in [5, 5.41) is 3.75. The van der Waals surface area contributed by atoms with Crippen molar-refractivity contribution in [2.45, 2.75) is 57.7 Å². The van der Waals surface area contributed by atoms with E-state index in [9.17, 15) is 9.00 Å². The molecule has 3 unspecified atom stereocenters. The molecule has 0 saturated heterocycles. The number of rotatable bonds is 5. The van der Waals surface area contributed by atoms with E-state index in [2.05, 4.69) is 20.3 Å². The Morgan fingerprint density at radius 3 is 2.77 bits per heavy atom. The summed E-state index contributed by atoms with van der Waals surface area (Å²) in [5.74, 6) is 2.06. The molecule has 1 fully saturated rings. The van der Waals surface area contributed by atoms with Crippen molar-refractivity contribution < 1.29 is 4.21 Å². The molecule has 7 heteroatoms. The van der Waals surface area contributed by atoms with Crippen molar-refractivity contribution in [3.63, 3.8) is 0 Å². The summed E-state index contributed by atoms with van der Waals surface area (Å²) in [5.41, 5.74) is 2.02. The van der Waals surface area contributed by atoms with Crippen LogP contribution in [0.4, 0.5) is 5.82 Å². The highest BCUT2D eigenvalue weighted by atomic mass is 32.2. The van der Waals surface area contributed by atoms with Gasteiger partial charge in [-0.3, -0.25) is 9.00 Å². The molecule has 0 aromatic carbocycles. The minimum Gasteiger partial charge on any atom is -0.367 e. The van der Waals surface area contributed by atoms with Gasteiger partial charge in [-0.1, -0.05) is 13.3 Å². The van der Waals surface area contributed by atoms with Crippen LogP contribution in [0.3, 0.4) is 0 Å². The van der Waals surface area contributed by atoms with E-state index in [4.69, 9.17) is 0 Å². The van der Waals surface area contributed by atoms with Crippen molar-refractivity contribution in [3.8, 4) is 11.4 Å². The first kappa shape index (κ1) is 18.8. The Morgan fingerprint density at radius 1 is 1.31 bits per heavy atom. The molecule has 3 rings (SSSR count). The van der Waals surface area contributed by atoms with Crippen LogP contribution in [0.15, 0.2) is 23.1 Å². The fourth-order valence-electron chi connectivity index (χ4n) is 3.36. The largest absolute Gasteiger partial charge is 0.367 e. The van der Waals surface area contributed by atoms with Gasteiger partial charge >= 0.3 is 0 Å². The summed E-state index contributed by atoms with van der Waals surface area (Å²) in [6, 6.07) is 4.12. The standard InChI is InChI=1S/C19H26N4O2S/c1-4-26(25)16-7-5-6-15(10-16)22-17-9-8-14(11-20-17)18-21-13(3)12(2)19(24)23-18/h8-9,11,15-16H,4-7,10H2,1-3H3,(H,20,22)(H,21,23,24). The smallest absolute Gasteiger partial charge is 0.254 e. The van der Waals surface area contributed by atoms with Gasteiger partial charge in [0.15, 0.2) is 0 Å². The first-order chi connectivity index (χ1) is 12.5. The molecule has 26 heavy (non-hydrogen) atoms. The quantitative estimate of drug-likeness (QED) is 0.840. The number of anilines is 1. The maximum Gasteiger partial charge on any atom is 0.254 e. The second-order valence-corrected chi connectivity index (χ2v) is 8.86. The summed E-state index contributed by atoms with van der Waals surface area (Å²) in [6.45, 7) is 5.58. The third kappa shape index (κ3) is 4.20. The molecule has 2 aromatic heterocycles. The van der Waals surface area contributed by atoms with E-state index in [0.717, 1.165) is 48.5 Å². The van der Waals surface area contributed by atoms with Crippen molar-refractivity contribution in [2.75, 3.05) is 11.1 Å². The van der Waals surface area contributed by atoms with Crippen LogP contribution in [0, 0.1) is 13.8 Å². The van der Waals surface area contributed by atoms with Gasteiger partial charge in [-0.05, 0) is 45.2 Å². The molecule has 2 N–H and O–H groups in total. The predicted molar refractivity (Wildman–Crippen MR) is 106 cm³/mol. The Morgan fingerprint density at radius 2 is 2.12 bits per heavy atom. The minimum absolute atomic E-state index is 0.119. The Balaban J connectivity index is 1.70. The van der Waals surface area contributed by atoms with Gasteiger partial charge in [0.2, 0.25) is 0 Å². The number of aromatic amines is 1. The topological polar surface area (TPSA) is 87.7 Å². The lowest BCUT2D eigenvalue weighted by atomic mass is 9.95. The highest BCUT2D eigenvalue weighted by Crippen LogP contribution is 2.25. The fraction of sp³-hybridized carbons (Fsp3) is 0.526. The average Bonchev–Trinajstić information content (AvgIpc) is 2.66. The number of hydrogen-bond acceptors (Lipinski definition) is 5. The first-order valence-electron chi connectivity index (χ1n) is 9.15. The average molecular weight is 375 g/mol. The monoisotopic (exact) mass is 374 g/mol. The van der Waals surface area contributed by atoms with Crippen LogP contribution in [-0.2, 0) is 10.8 Å². The molecule has 1 aliphatic carbocycles. The normalized spacial score (nSPS) is 21.3. The van der Waals surface area contributed by atoms with Crippen molar-refractivity contribution in [1.29, 1.82) is 0 Å². The SMILES string of the molecule is CCS(=O)C1CCCC(Nc2ccc(-c3nc(C)c(C)c(=O)[nH]3)cn2)C1. The molecule has 6 nitrogen and oxygen atoms in total. The zero-order valence-electron chi connectivity index (χ0n) is 15.5. The molecule has 1 saturated carbocycles. The van der Waals surface area contributed by atoms with Crippen LogP contribution in [0.5, 0.6) is 0 Å². The highest BCUT2D eigenvalue weighted by molar-refractivity contribution is 7.85. The van der Waals surface area contributed by atoms with Crippen molar-refractivity contribution in [2.24, 2.45) is 0 Å². The molecular weight excluding hydrogens is 348 g/mol. The summed E-state index contributed by atoms with van der Waals surface area (Å²) in [6.07, 6.45) is 5.87. The lowest BCUT2D eigenvalue weighted by molar-refractivity contribution is 0.464. The Labute approximate surface area is 156 Å². The van der Waals surface area contributed by atoms with Crippen molar-refractivity contribution >= 4 is 16.6 Å². The minimum atomic E-state index is -0.730. The molecule has 1 aliphatic rings. The summed E-state index contributed by atoms with van der Waals surface area (Å²) < 4.78 is 12.1. The van der Waals surface area contributed by atoms with Gasteiger partial charge in [0.1, 0.15) is 11.6 Å². The zero-order chi connectivity index (χ0) is 18.7. The van der Waals surface area contributed by atoms with Gasteiger partial charge in [-0.2, -0.15) is 0 Å². The molecule has 0 spiro atoms. The van der Waals surface area contributed by atoms with Crippen LogP contribution < -0.4 is 10.9 Å². The number of nitrogens with one attached hydrogen (secondary N) is 2. The lowest BCUT2D eigenvalue weighted by Gasteiger charge is -2.29. The Bertz CT molecular complexity index is 848. The third-order valence-electron chi connectivity index (χ3n) is 5.07. The Hall–Kier alpha value is -2.02. The number of H-pyrrole nitrogens is 1. The lowest BCUT2D eigenvalue weighted by Crippen LogP contribution is -2.33. The number of pyridine rings is 1. The Kier molecular flexibility index (Phi) is 5.86. The van der Waals surface area contributed by atoms with Crippen LogP contribution in [0.2, 0.25) is 0 Å². The van der Waals surface area contributed by atoms with E-state index in [1.165, 1.54) is 0 Å². The van der Waals surface area contributed by atoms with E-state index < -0.39 is 10.8 Å². The van der Waals surface area contributed by atoms with E-state index in [1.807, 2.05) is 26.0 Å².